The summed E-state index contributed by atoms with van der Waals surface area (Å²) < 4.78 is 50.9. The number of piperazine rings is 1. The van der Waals surface area contributed by atoms with Crippen molar-refractivity contribution >= 4 is 27.6 Å². The van der Waals surface area contributed by atoms with Crippen molar-refractivity contribution < 1.29 is 42.1 Å². The average molecular weight is 633 g/mol. The molecular formula is C33H32N2O9S. The van der Waals surface area contributed by atoms with Crippen LogP contribution >= 0.6 is 0 Å². The fourth-order valence-electron chi connectivity index (χ4n) is 5.32. The van der Waals surface area contributed by atoms with Crippen LogP contribution in [0, 0.1) is 0 Å². The maximum Gasteiger partial charge on any atom is 0.324 e. The molecule has 0 spiro atoms. The van der Waals surface area contributed by atoms with Gasteiger partial charge in [-0.15, -0.1) is 0 Å². The minimum atomic E-state index is -4.42. The Morgan fingerprint density at radius 2 is 1.40 bits per heavy atom. The number of rotatable bonds is 11. The van der Waals surface area contributed by atoms with E-state index in [4.69, 9.17) is 18.9 Å². The molecule has 0 bridgehead atoms. The fraction of sp³-hybridized carbons (Fsp3) is 0.212. The van der Waals surface area contributed by atoms with Crippen LogP contribution in [0.2, 0.25) is 0 Å². The third-order valence-corrected chi connectivity index (χ3v) is 9.30. The lowest BCUT2D eigenvalue weighted by molar-refractivity contribution is -0.144. The molecule has 1 amide bonds. The Morgan fingerprint density at radius 3 is 2.02 bits per heavy atom. The molecule has 0 aliphatic carbocycles. The van der Waals surface area contributed by atoms with Gasteiger partial charge in [-0.1, -0.05) is 54.6 Å². The van der Waals surface area contributed by atoms with Gasteiger partial charge in [0.25, 0.3) is 0 Å². The van der Waals surface area contributed by atoms with Crippen LogP contribution < -0.4 is 23.8 Å². The zero-order valence-electron chi connectivity index (χ0n) is 24.8. The van der Waals surface area contributed by atoms with E-state index in [9.17, 15) is 23.1 Å². The van der Waals surface area contributed by atoms with E-state index in [1.807, 2.05) is 30.3 Å². The van der Waals surface area contributed by atoms with Gasteiger partial charge in [0.1, 0.15) is 12.6 Å². The number of nitrogens with zero attached hydrogens (tertiary/aromatic N) is 2. The van der Waals surface area contributed by atoms with Crippen LogP contribution in [-0.4, -0.2) is 63.6 Å². The quantitative estimate of drug-likeness (QED) is 0.253. The van der Waals surface area contributed by atoms with Crippen molar-refractivity contribution in [2.75, 3.05) is 32.8 Å². The zero-order valence-corrected chi connectivity index (χ0v) is 25.6. The molecule has 0 radical (unpaired) electrons. The first kappa shape index (κ1) is 31.4. The first-order chi connectivity index (χ1) is 21.7. The number of carboxylic acid groups (broad SMARTS) is 1. The summed E-state index contributed by atoms with van der Waals surface area (Å²) in [5, 5.41) is 10.6. The van der Waals surface area contributed by atoms with Gasteiger partial charge in [-0.25, -0.2) is 8.42 Å². The molecule has 0 unspecified atom stereocenters. The van der Waals surface area contributed by atoms with E-state index in [0.717, 1.165) is 9.87 Å². The molecule has 0 saturated carbocycles. The van der Waals surface area contributed by atoms with E-state index in [1.165, 1.54) is 50.5 Å². The second kappa shape index (κ2) is 13.3. The monoisotopic (exact) mass is 632 g/mol. The van der Waals surface area contributed by atoms with Gasteiger partial charge in [0, 0.05) is 11.8 Å². The number of methoxy groups -OCH3 is 3. The van der Waals surface area contributed by atoms with Crippen molar-refractivity contribution in [3.63, 3.8) is 0 Å². The first-order valence-corrected chi connectivity index (χ1v) is 15.3. The summed E-state index contributed by atoms with van der Waals surface area (Å²) in [6.45, 7) is -0.467. The molecular weight excluding hydrogens is 600 g/mol. The van der Waals surface area contributed by atoms with Gasteiger partial charge in [-0.3, -0.25) is 9.59 Å². The maximum absolute atomic E-state index is 14.0. The average Bonchev–Trinajstić information content (AvgIpc) is 3.07. The van der Waals surface area contributed by atoms with Crippen LogP contribution in [0.5, 0.6) is 23.0 Å². The molecule has 1 N–H and O–H groups in total. The third kappa shape index (κ3) is 6.28. The van der Waals surface area contributed by atoms with Crippen LogP contribution in [0.4, 0.5) is 5.69 Å². The summed E-state index contributed by atoms with van der Waals surface area (Å²) in [5.41, 5.74) is 1.52. The smallest absolute Gasteiger partial charge is 0.324 e. The van der Waals surface area contributed by atoms with Crippen molar-refractivity contribution in [3.8, 4) is 23.0 Å². The van der Waals surface area contributed by atoms with Crippen LogP contribution in [0.25, 0.3) is 0 Å². The predicted octanol–water partition coefficient (Wildman–Crippen LogP) is 4.52. The minimum absolute atomic E-state index is 0.135. The Labute approximate surface area is 261 Å². The number of anilines is 1. The summed E-state index contributed by atoms with van der Waals surface area (Å²) in [6, 6.07) is 23.4. The lowest BCUT2D eigenvalue weighted by atomic mass is 9.93. The zero-order chi connectivity index (χ0) is 32.1. The molecule has 1 aliphatic rings. The highest BCUT2D eigenvalue weighted by Crippen LogP contribution is 2.43. The highest BCUT2D eigenvalue weighted by Gasteiger charge is 2.51. The van der Waals surface area contributed by atoms with Crippen LogP contribution in [0.3, 0.4) is 0 Å². The van der Waals surface area contributed by atoms with Crippen LogP contribution in [-0.2, 0) is 26.2 Å². The topological polar surface area (TPSA) is 132 Å². The van der Waals surface area contributed by atoms with Crippen molar-refractivity contribution in [1.29, 1.82) is 0 Å². The van der Waals surface area contributed by atoms with Crippen LogP contribution in [0.15, 0.2) is 102 Å². The number of sulfonamides is 1. The number of carbonyl (C=O) groups is 2. The molecule has 5 rings (SSSR count). The molecule has 4 aromatic rings. The van der Waals surface area contributed by atoms with E-state index in [0.29, 0.717) is 22.8 Å². The van der Waals surface area contributed by atoms with Crippen molar-refractivity contribution in [2.24, 2.45) is 0 Å². The van der Waals surface area contributed by atoms with E-state index in [2.05, 4.69) is 0 Å². The highest BCUT2D eigenvalue weighted by atomic mass is 32.2. The lowest BCUT2D eigenvalue weighted by Crippen LogP contribution is -2.62. The molecule has 234 valence electrons. The number of carboxylic acids is 1. The van der Waals surface area contributed by atoms with E-state index >= 15 is 0 Å². The van der Waals surface area contributed by atoms with Gasteiger partial charge < -0.3 is 29.0 Å². The maximum atomic E-state index is 14.0. The molecule has 1 aliphatic heterocycles. The molecule has 12 heteroatoms. The normalized spacial score (nSPS) is 17.0. The number of amides is 1. The van der Waals surface area contributed by atoms with Crippen molar-refractivity contribution in [2.45, 2.75) is 23.6 Å². The van der Waals surface area contributed by atoms with Crippen molar-refractivity contribution in [1.82, 2.24) is 4.31 Å². The number of hydrogen-bond donors (Lipinski definition) is 1. The van der Waals surface area contributed by atoms with Gasteiger partial charge in [-0.05, 0) is 47.5 Å². The Kier molecular flexibility index (Phi) is 9.26. The molecule has 4 aromatic carbocycles. The number of hydrogen-bond acceptors (Lipinski definition) is 8. The molecule has 2 atom stereocenters. The highest BCUT2D eigenvalue weighted by molar-refractivity contribution is 7.89. The Balaban J connectivity index is 1.65. The van der Waals surface area contributed by atoms with Crippen LogP contribution in [0.1, 0.15) is 17.2 Å². The molecule has 0 aromatic heterocycles. The summed E-state index contributed by atoms with van der Waals surface area (Å²) in [4.78, 5) is 28.2. The number of aliphatic carboxylic acids is 1. The third-order valence-electron chi connectivity index (χ3n) is 7.46. The molecule has 1 saturated heterocycles. The number of benzene rings is 4. The molecule has 1 heterocycles. The number of ether oxygens (including phenoxy) is 4. The Bertz CT molecular complexity index is 1780. The van der Waals surface area contributed by atoms with E-state index in [1.54, 1.807) is 42.5 Å². The summed E-state index contributed by atoms with van der Waals surface area (Å²) >= 11 is 0. The number of carbonyl (C=O) groups excluding carboxylic acids is 1. The second-order valence-electron chi connectivity index (χ2n) is 10.1. The SMILES string of the molecule is COc1ccc(N2C(=O)CN(S(=O)(=O)c3ccccc3)[C@H](C(=O)O)[C@H]2c2ccc(OCc3ccccc3)c(OC)c2)cc1OC. The van der Waals surface area contributed by atoms with Gasteiger partial charge in [0.05, 0.1) is 38.8 Å². The Morgan fingerprint density at radius 1 is 0.800 bits per heavy atom. The van der Waals surface area contributed by atoms with Gasteiger partial charge in [0.2, 0.25) is 15.9 Å². The van der Waals surface area contributed by atoms with E-state index < -0.39 is 40.5 Å². The summed E-state index contributed by atoms with van der Waals surface area (Å²) in [6.07, 6.45) is 0. The second-order valence-corrected chi connectivity index (χ2v) is 12.0. The molecule has 11 nitrogen and oxygen atoms in total. The summed E-state index contributed by atoms with van der Waals surface area (Å²) in [7, 11) is -0.0799. The summed E-state index contributed by atoms with van der Waals surface area (Å²) in [5.74, 6) is -0.740. The van der Waals surface area contributed by atoms with Crippen molar-refractivity contribution in [3.05, 3.63) is 108 Å². The predicted molar refractivity (Wildman–Crippen MR) is 165 cm³/mol. The standard InChI is InChI=1S/C33H32N2O9S/c1-41-26-17-15-24(19-29(26)43-3)35-30(36)20-34(45(39,40)25-12-8-5-9-13-25)32(33(37)38)31(35)23-14-16-27(28(18-23)42-2)44-21-22-10-6-4-7-11-22/h4-19,31-32H,20-21H2,1-3H3,(H,37,38)/t31-,32+/m1/s1. The van der Waals surface area contributed by atoms with Gasteiger partial charge >= 0.3 is 5.97 Å². The lowest BCUT2D eigenvalue weighted by Gasteiger charge is -2.44. The minimum Gasteiger partial charge on any atom is -0.493 e. The first-order valence-electron chi connectivity index (χ1n) is 13.9. The Hall–Kier alpha value is -5.07. The molecule has 45 heavy (non-hydrogen) atoms. The van der Waals surface area contributed by atoms with Gasteiger partial charge in [0.15, 0.2) is 23.0 Å². The fourth-order valence-corrected chi connectivity index (χ4v) is 6.87. The van der Waals surface area contributed by atoms with Gasteiger partial charge in [-0.2, -0.15) is 4.31 Å². The largest absolute Gasteiger partial charge is 0.493 e. The van der Waals surface area contributed by atoms with E-state index in [-0.39, 0.29) is 22.9 Å². The molecule has 1 fully saturated rings.